The first-order valence-corrected chi connectivity index (χ1v) is 4.96. The van der Waals surface area contributed by atoms with Crippen LogP contribution in [0.15, 0.2) is 22.7 Å². The van der Waals surface area contributed by atoms with Gasteiger partial charge in [-0.15, -0.1) is 34.6 Å². The van der Waals surface area contributed by atoms with Gasteiger partial charge in [-0.2, -0.15) is 10.2 Å². The number of hydrogen-bond acceptors (Lipinski definition) is 8. The third-order valence-corrected chi connectivity index (χ3v) is 2.44. The van der Waals surface area contributed by atoms with Gasteiger partial charge in [0.1, 0.15) is 0 Å². The summed E-state index contributed by atoms with van der Waals surface area (Å²) < 4.78 is 2.79. The quantitative estimate of drug-likeness (QED) is 0.798. The second-order valence-corrected chi connectivity index (χ2v) is 3.46. The van der Waals surface area contributed by atoms with E-state index in [0.717, 1.165) is 0 Å². The molecule has 0 spiro atoms. The fourth-order valence-corrected chi connectivity index (χ4v) is 1.46. The Balaban J connectivity index is 0.00000180. The van der Waals surface area contributed by atoms with Crippen molar-refractivity contribution < 1.29 is 0 Å². The van der Waals surface area contributed by atoms with E-state index in [1.54, 1.807) is 0 Å². The van der Waals surface area contributed by atoms with Crippen LogP contribution in [0.5, 0.6) is 0 Å². The van der Waals surface area contributed by atoms with E-state index >= 15 is 0 Å². The highest BCUT2D eigenvalue weighted by molar-refractivity contribution is 5.85. The van der Waals surface area contributed by atoms with Crippen LogP contribution in [0, 0.1) is 9.81 Å². The fraction of sp³-hybridized carbons (Fsp3) is 0.250. The lowest BCUT2D eigenvalue weighted by Gasteiger charge is -2.05. The zero-order valence-electron chi connectivity index (χ0n) is 10.0. The molecule has 10 nitrogen and oxygen atoms in total. The topological polar surface area (TPSA) is 147 Å². The lowest BCUT2D eigenvalue weighted by molar-refractivity contribution is 0.509. The molecule has 110 valence electrons. The zero-order chi connectivity index (χ0) is 13.1. The molecule has 0 radical (unpaired) electrons. The molecular weight excluding hydrogens is 311 g/mol. The van der Waals surface area contributed by atoms with E-state index in [2.05, 4.69) is 20.6 Å². The van der Waals surface area contributed by atoms with E-state index in [0.29, 0.717) is 13.1 Å². The van der Waals surface area contributed by atoms with Gasteiger partial charge in [0, 0.05) is 0 Å². The van der Waals surface area contributed by atoms with Gasteiger partial charge in [0.05, 0.1) is 25.5 Å². The summed E-state index contributed by atoms with van der Waals surface area (Å²) in [6, 6.07) is 0. The predicted octanol–water partition coefficient (Wildman–Crippen LogP) is 1.58. The number of aromatic nitrogens is 4. The van der Waals surface area contributed by atoms with E-state index in [4.69, 9.17) is 11.5 Å². The minimum atomic E-state index is 0. The molecule has 12 heteroatoms. The van der Waals surface area contributed by atoms with Crippen LogP contribution in [-0.2, 0) is 13.1 Å². The number of rotatable bonds is 5. The highest BCUT2D eigenvalue weighted by atomic mass is 35.5. The monoisotopic (exact) mass is 322 g/mol. The van der Waals surface area contributed by atoms with E-state index < -0.39 is 0 Å². The van der Waals surface area contributed by atoms with Gasteiger partial charge in [0.2, 0.25) is 0 Å². The van der Waals surface area contributed by atoms with Gasteiger partial charge in [-0.3, -0.25) is 0 Å². The molecule has 2 rings (SSSR count). The molecule has 0 saturated carbocycles. The van der Waals surface area contributed by atoms with Gasteiger partial charge < -0.3 is 11.5 Å². The van der Waals surface area contributed by atoms with Crippen molar-refractivity contribution in [1.29, 1.82) is 0 Å². The van der Waals surface area contributed by atoms with Gasteiger partial charge >= 0.3 is 0 Å². The Hall–Kier alpha value is -2.20. The summed E-state index contributed by atoms with van der Waals surface area (Å²) in [5, 5.41) is 13.2. The third kappa shape index (κ3) is 3.22. The van der Waals surface area contributed by atoms with Gasteiger partial charge in [0.25, 0.3) is 0 Å². The zero-order valence-corrected chi connectivity index (χ0v) is 11.7. The van der Waals surface area contributed by atoms with Crippen LogP contribution >= 0.6 is 24.8 Å². The van der Waals surface area contributed by atoms with Crippen molar-refractivity contribution in [2.24, 2.45) is 10.4 Å². The Morgan fingerprint density at radius 2 is 1.25 bits per heavy atom. The summed E-state index contributed by atoms with van der Waals surface area (Å²) in [6.07, 6.45) is 2.54. The average molecular weight is 323 g/mol. The molecule has 2 aromatic rings. The number of nitrogens with two attached hydrogens (primary N) is 2. The largest absolute Gasteiger partial charge is 0.382 e. The Bertz CT molecular complexity index is 543. The summed E-state index contributed by atoms with van der Waals surface area (Å²) in [5.74, 6) is 0.342. The van der Waals surface area contributed by atoms with Crippen LogP contribution in [0.1, 0.15) is 0 Å². The highest BCUT2D eigenvalue weighted by Crippen LogP contribution is 2.22. The summed E-state index contributed by atoms with van der Waals surface area (Å²) in [6.45, 7) is 0.678. The summed E-state index contributed by atoms with van der Waals surface area (Å²) >= 11 is 0. The van der Waals surface area contributed by atoms with Crippen molar-refractivity contribution in [2.45, 2.75) is 13.1 Å². The highest BCUT2D eigenvalue weighted by Gasteiger charge is 2.10. The maximum Gasteiger partial charge on any atom is 0.169 e. The second kappa shape index (κ2) is 7.40. The third-order valence-electron chi connectivity index (χ3n) is 2.44. The van der Waals surface area contributed by atoms with Crippen LogP contribution in [0.25, 0.3) is 0 Å². The Labute approximate surface area is 125 Å². The molecule has 0 aromatic carbocycles. The maximum atomic E-state index is 10.3. The number of halogens is 2. The van der Waals surface area contributed by atoms with Crippen LogP contribution in [0.4, 0.5) is 23.0 Å². The van der Waals surface area contributed by atoms with E-state index in [-0.39, 0.29) is 47.8 Å². The van der Waals surface area contributed by atoms with Crippen LogP contribution in [0.3, 0.4) is 0 Å². The van der Waals surface area contributed by atoms with E-state index in [1.165, 1.54) is 21.8 Å². The molecule has 0 amide bonds. The van der Waals surface area contributed by atoms with Gasteiger partial charge in [-0.05, 0) is 10.4 Å². The first-order valence-electron chi connectivity index (χ1n) is 4.96. The molecule has 0 atom stereocenters. The molecule has 0 aliphatic heterocycles. The second-order valence-electron chi connectivity index (χ2n) is 3.46. The normalized spacial score (nSPS) is 9.40. The lowest BCUT2D eigenvalue weighted by Crippen LogP contribution is -2.13. The van der Waals surface area contributed by atoms with E-state index in [9.17, 15) is 9.81 Å². The number of hydrogen-bond donors (Lipinski definition) is 2. The number of aryl methyl sites for hydroxylation is 2. The summed E-state index contributed by atoms with van der Waals surface area (Å²) in [4.78, 5) is 20.7. The van der Waals surface area contributed by atoms with Crippen LogP contribution in [-0.4, -0.2) is 19.6 Å². The maximum absolute atomic E-state index is 10.3. The van der Waals surface area contributed by atoms with Gasteiger partial charge in [0.15, 0.2) is 23.0 Å². The van der Waals surface area contributed by atoms with Crippen molar-refractivity contribution >= 4 is 47.8 Å². The molecule has 0 aliphatic carbocycles. The Kier molecular flexibility index (Phi) is 6.59. The average Bonchev–Trinajstić information content (AvgIpc) is 2.90. The summed E-state index contributed by atoms with van der Waals surface area (Å²) in [5.41, 5.74) is 11.4. The van der Waals surface area contributed by atoms with Crippen molar-refractivity contribution in [2.75, 3.05) is 11.5 Å². The smallest absolute Gasteiger partial charge is 0.169 e. The van der Waals surface area contributed by atoms with Crippen molar-refractivity contribution in [3.05, 3.63) is 22.2 Å². The molecule has 0 saturated heterocycles. The minimum absolute atomic E-state index is 0. The molecule has 2 aromatic heterocycles. The Morgan fingerprint density at radius 1 is 0.900 bits per heavy atom. The number of anilines is 2. The van der Waals surface area contributed by atoms with Crippen molar-refractivity contribution in [3.63, 3.8) is 0 Å². The van der Waals surface area contributed by atoms with Crippen molar-refractivity contribution in [3.8, 4) is 0 Å². The first kappa shape index (κ1) is 17.8. The van der Waals surface area contributed by atoms with Gasteiger partial charge in [-0.1, -0.05) is 0 Å². The molecule has 0 fully saturated rings. The molecular formula is C8H12Cl2N8O2. The molecule has 4 N–H and O–H groups in total. The molecule has 2 heterocycles. The van der Waals surface area contributed by atoms with Gasteiger partial charge in [-0.25, -0.2) is 9.36 Å². The molecule has 0 unspecified atom stereocenters. The first-order chi connectivity index (χ1) is 8.67. The number of nitrogens with zero attached hydrogens (tertiary/aromatic N) is 6. The minimum Gasteiger partial charge on any atom is -0.382 e. The lowest BCUT2D eigenvalue weighted by atomic mass is 10.5. The van der Waals surface area contributed by atoms with Crippen LogP contribution < -0.4 is 11.5 Å². The molecule has 0 aliphatic rings. The summed E-state index contributed by atoms with van der Waals surface area (Å²) in [7, 11) is 0. The molecule has 20 heavy (non-hydrogen) atoms. The predicted molar refractivity (Wildman–Crippen MR) is 78.7 cm³/mol. The fourth-order valence-electron chi connectivity index (χ4n) is 1.46. The number of nitrogen functional groups attached to an aromatic ring is 2. The van der Waals surface area contributed by atoms with Crippen LogP contribution in [0.2, 0.25) is 0 Å². The Morgan fingerprint density at radius 3 is 1.50 bits per heavy atom. The van der Waals surface area contributed by atoms with Crippen molar-refractivity contribution in [1.82, 2.24) is 19.6 Å². The SMILES string of the molecule is Cl.Cl.Nc1c(N=O)cnn1CCn1ncc(N=O)c1N. The van der Waals surface area contributed by atoms with E-state index in [1.807, 2.05) is 0 Å². The standard InChI is InChI=1S/C8H10N8O2.2ClH/c9-7-5(13-17)3-11-15(7)1-2-16-8(10)6(14-18)4-12-16;;/h3-4H,1-2,9-10H2;2*1H. The molecule has 0 bridgehead atoms. The number of nitroso groups, excluding NO2 is 2.